The predicted octanol–water partition coefficient (Wildman–Crippen LogP) is 2.39. The van der Waals surface area contributed by atoms with E-state index in [9.17, 15) is 4.79 Å². The summed E-state index contributed by atoms with van der Waals surface area (Å²) in [6.07, 6.45) is 0.802. The number of aromatic nitrogens is 2. The number of hydrogen-bond donors (Lipinski definition) is 1. The second-order valence-corrected chi connectivity index (χ2v) is 3.85. The quantitative estimate of drug-likeness (QED) is 0.863. The maximum atomic E-state index is 10.5. The standard InChI is InChI=1S/C12H10ClN3O2/c13-11-15-6-5-10(16-11)9-3-1-8(2-4-9)7-18-12(14)17/h1-6H,7H2,(H2,14,17). The van der Waals surface area contributed by atoms with Crippen LogP contribution in [0.1, 0.15) is 5.56 Å². The molecule has 2 aromatic rings. The van der Waals surface area contributed by atoms with Gasteiger partial charge < -0.3 is 10.5 Å². The van der Waals surface area contributed by atoms with Crippen LogP contribution in [0.4, 0.5) is 4.79 Å². The molecule has 0 radical (unpaired) electrons. The number of hydrogen-bond acceptors (Lipinski definition) is 4. The second-order valence-electron chi connectivity index (χ2n) is 3.52. The van der Waals surface area contributed by atoms with E-state index in [1.807, 2.05) is 24.3 Å². The molecule has 0 saturated heterocycles. The van der Waals surface area contributed by atoms with Crippen molar-refractivity contribution in [3.63, 3.8) is 0 Å². The Hall–Kier alpha value is -2.14. The predicted molar refractivity (Wildman–Crippen MR) is 66.9 cm³/mol. The SMILES string of the molecule is NC(=O)OCc1ccc(-c2ccnc(Cl)n2)cc1. The monoisotopic (exact) mass is 263 g/mol. The van der Waals surface area contributed by atoms with Crippen molar-refractivity contribution in [2.75, 3.05) is 0 Å². The number of nitrogens with zero attached hydrogens (tertiary/aromatic N) is 2. The number of rotatable bonds is 3. The highest BCUT2D eigenvalue weighted by atomic mass is 35.5. The van der Waals surface area contributed by atoms with Crippen LogP contribution in [0.25, 0.3) is 11.3 Å². The number of primary amides is 1. The van der Waals surface area contributed by atoms with Gasteiger partial charge in [0.1, 0.15) is 6.61 Å². The topological polar surface area (TPSA) is 78.1 Å². The lowest BCUT2D eigenvalue weighted by molar-refractivity contribution is 0.150. The number of halogens is 1. The summed E-state index contributed by atoms with van der Waals surface area (Å²) in [5, 5.41) is 0.202. The summed E-state index contributed by atoms with van der Waals surface area (Å²) >= 11 is 5.72. The summed E-state index contributed by atoms with van der Waals surface area (Å²) in [6, 6.07) is 9.14. The second kappa shape index (κ2) is 5.46. The summed E-state index contributed by atoms with van der Waals surface area (Å²) < 4.78 is 4.68. The Morgan fingerprint density at radius 3 is 2.61 bits per heavy atom. The van der Waals surface area contributed by atoms with Gasteiger partial charge in [0, 0.05) is 11.8 Å². The first-order valence-corrected chi connectivity index (χ1v) is 5.53. The lowest BCUT2D eigenvalue weighted by Gasteiger charge is -2.04. The van der Waals surface area contributed by atoms with E-state index < -0.39 is 6.09 Å². The van der Waals surface area contributed by atoms with Crippen molar-refractivity contribution in [1.82, 2.24) is 9.97 Å². The van der Waals surface area contributed by atoms with Crippen LogP contribution in [0.5, 0.6) is 0 Å². The van der Waals surface area contributed by atoms with Crippen LogP contribution >= 0.6 is 11.6 Å². The Labute approximate surface area is 109 Å². The van der Waals surface area contributed by atoms with Crippen molar-refractivity contribution < 1.29 is 9.53 Å². The number of ether oxygens (including phenoxy) is 1. The molecule has 0 aliphatic carbocycles. The van der Waals surface area contributed by atoms with Gasteiger partial charge in [0.25, 0.3) is 0 Å². The van der Waals surface area contributed by atoms with E-state index in [0.29, 0.717) is 0 Å². The number of carbonyl (C=O) groups excluding carboxylic acids is 1. The lowest BCUT2D eigenvalue weighted by atomic mass is 10.1. The first-order chi connectivity index (χ1) is 8.65. The van der Waals surface area contributed by atoms with Crippen LogP contribution in [0, 0.1) is 0 Å². The molecular weight excluding hydrogens is 254 g/mol. The van der Waals surface area contributed by atoms with Gasteiger partial charge in [-0.15, -0.1) is 0 Å². The highest BCUT2D eigenvalue weighted by Crippen LogP contribution is 2.18. The molecule has 5 nitrogen and oxygen atoms in total. The van der Waals surface area contributed by atoms with Crippen molar-refractivity contribution in [1.29, 1.82) is 0 Å². The van der Waals surface area contributed by atoms with Crippen LogP contribution in [-0.4, -0.2) is 16.1 Å². The molecule has 0 aliphatic rings. The molecule has 0 bridgehead atoms. The van der Waals surface area contributed by atoms with Crippen molar-refractivity contribution in [3.05, 3.63) is 47.4 Å². The van der Waals surface area contributed by atoms with Gasteiger partial charge in [-0.1, -0.05) is 24.3 Å². The van der Waals surface area contributed by atoms with E-state index in [0.717, 1.165) is 16.8 Å². The molecule has 1 heterocycles. The van der Waals surface area contributed by atoms with Gasteiger partial charge in [0.05, 0.1) is 5.69 Å². The Morgan fingerprint density at radius 2 is 2.00 bits per heavy atom. The van der Waals surface area contributed by atoms with E-state index >= 15 is 0 Å². The zero-order valence-corrected chi connectivity index (χ0v) is 10.1. The molecule has 1 amide bonds. The summed E-state index contributed by atoms with van der Waals surface area (Å²) in [5.41, 5.74) is 7.37. The highest BCUT2D eigenvalue weighted by Gasteiger charge is 2.02. The van der Waals surface area contributed by atoms with E-state index in [2.05, 4.69) is 14.7 Å². The van der Waals surface area contributed by atoms with E-state index in [-0.39, 0.29) is 11.9 Å². The average Bonchev–Trinajstić information content (AvgIpc) is 2.37. The van der Waals surface area contributed by atoms with Crippen molar-refractivity contribution in [2.24, 2.45) is 5.73 Å². The first kappa shape index (κ1) is 12.3. The number of amides is 1. The molecule has 0 aliphatic heterocycles. The summed E-state index contributed by atoms with van der Waals surface area (Å²) in [7, 11) is 0. The molecule has 0 atom stereocenters. The highest BCUT2D eigenvalue weighted by molar-refractivity contribution is 6.28. The number of nitrogens with two attached hydrogens (primary N) is 1. The number of benzene rings is 1. The molecule has 1 aromatic heterocycles. The summed E-state index contributed by atoms with van der Waals surface area (Å²) in [6.45, 7) is 0.153. The van der Waals surface area contributed by atoms with Gasteiger partial charge in [-0.05, 0) is 23.2 Å². The molecule has 1 aromatic carbocycles. The average molecular weight is 264 g/mol. The third-order valence-electron chi connectivity index (χ3n) is 2.26. The smallest absolute Gasteiger partial charge is 0.404 e. The minimum atomic E-state index is -0.790. The Balaban J connectivity index is 2.14. The van der Waals surface area contributed by atoms with Crippen molar-refractivity contribution in [2.45, 2.75) is 6.61 Å². The Bertz CT molecular complexity index is 558. The molecule has 6 heteroatoms. The molecule has 0 unspecified atom stereocenters. The molecule has 2 N–H and O–H groups in total. The first-order valence-electron chi connectivity index (χ1n) is 5.15. The normalized spacial score (nSPS) is 10.1. The molecule has 0 spiro atoms. The van der Waals surface area contributed by atoms with E-state index in [1.165, 1.54) is 0 Å². The lowest BCUT2D eigenvalue weighted by Crippen LogP contribution is -2.12. The fourth-order valence-corrected chi connectivity index (χ4v) is 1.57. The van der Waals surface area contributed by atoms with Crippen LogP contribution in [0.15, 0.2) is 36.5 Å². The maximum Gasteiger partial charge on any atom is 0.404 e. The molecule has 2 rings (SSSR count). The van der Waals surface area contributed by atoms with E-state index in [1.54, 1.807) is 12.3 Å². The van der Waals surface area contributed by atoms with Gasteiger partial charge in [-0.25, -0.2) is 14.8 Å². The minimum absolute atomic E-state index is 0.153. The van der Waals surface area contributed by atoms with Crippen LogP contribution in [0.3, 0.4) is 0 Å². The van der Waals surface area contributed by atoms with Gasteiger partial charge in [0.15, 0.2) is 0 Å². The van der Waals surface area contributed by atoms with Gasteiger partial charge >= 0.3 is 6.09 Å². The van der Waals surface area contributed by atoms with Crippen LogP contribution in [0.2, 0.25) is 5.28 Å². The summed E-state index contributed by atoms with van der Waals surface area (Å²) in [5.74, 6) is 0. The zero-order valence-electron chi connectivity index (χ0n) is 9.34. The third-order valence-corrected chi connectivity index (χ3v) is 2.44. The van der Waals surface area contributed by atoms with Crippen molar-refractivity contribution in [3.8, 4) is 11.3 Å². The van der Waals surface area contributed by atoms with Crippen LogP contribution < -0.4 is 5.73 Å². The van der Waals surface area contributed by atoms with Crippen molar-refractivity contribution >= 4 is 17.7 Å². The Morgan fingerprint density at radius 1 is 1.28 bits per heavy atom. The fraction of sp³-hybridized carbons (Fsp3) is 0.0833. The minimum Gasteiger partial charge on any atom is -0.445 e. The number of carbonyl (C=O) groups is 1. The third kappa shape index (κ3) is 3.18. The van der Waals surface area contributed by atoms with Gasteiger partial charge in [-0.2, -0.15) is 0 Å². The summed E-state index contributed by atoms with van der Waals surface area (Å²) in [4.78, 5) is 18.4. The molecular formula is C12H10ClN3O2. The largest absolute Gasteiger partial charge is 0.445 e. The maximum absolute atomic E-state index is 10.5. The van der Waals surface area contributed by atoms with Crippen LogP contribution in [-0.2, 0) is 11.3 Å². The van der Waals surface area contributed by atoms with Gasteiger partial charge in [0.2, 0.25) is 5.28 Å². The molecule has 92 valence electrons. The van der Waals surface area contributed by atoms with E-state index in [4.69, 9.17) is 17.3 Å². The van der Waals surface area contributed by atoms with Gasteiger partial charge in [-0.3, -0.25) is 0 Å². The molecule has 18 heavy (non-hydrogen) atoms. The molecule has 0 saturated carbocycles. The molecule has 0 fully saturated rings. The Kier molecular flexibility index (Phi) is 3.74. The fourth-order valence-electron chi connectivity index (χ4n) is 1.42. The zero-order chi connectivity index (χ0) is 13.0.